The van der Waals surface area contributed by atoms with Gasteiger partial charge in [-0.15, -0.1) is 0 Å². The van der Waals surface area contributed by atoms with Crippen LogP contribution >= 0.6 is 0 Å². The fraction of sp³-hybridized carbons (Fsp3) is 0.714. The minimum absolute atomic E-state index is 0.00962. The highest BCUT2D eigenvalue weighted by Crippen LogP contribution is 2.21. The van der Waals surface area contributed by atoms with Crippen molar-refractivity contribution < 1.29 is 9.90 Å². The number of amides is 1. The fourth-order valence-electron chi connectivity index (χ4n) is 1.78. The first kappa shape index (κ1) is 17.6. The third-order valence-electron chi connectivity index (χ3n) is 3.48. The molecule has 1 amide bonds. The highest BCUT2D eigenvalue weighted by atomic mass is 16.3. The van der Waals surface area contributed by atoms with Gasteiger partial charge in [0.1, 0.15) is 0 Å². The van der Waals surface area contributed by atoms with Crippen molar-refractivity contribution in [3.8, 4) is 0 Å². The van der Waals surface area contributed by atoms with E-state index in [1.807, 2.05) is 26.8 Å². The van der Waals surface area contributed by atoms with E-state index >= 15 is 0 Å². The van der Waals surface area contributed by atoms with E-state index in [1.165, 1.54) is 0 Å². The van der Waals surface area contributed by atoms with Gasteiger partial charge >= 0.3 is 0 Å². The summed E-state index contributed by atoms with van der Waals surface area (Å²) in [5.41, 5.74) is 0.126. The number of hydrazone groups is 1. The Labute approximate surface area is 116 Å². The molecule has 0 fully saturated rings. The van der Waals surface area contributed by atoms with E-state index in [2.05, 4.69) is 17.1 Å². The Morgan fingerprint density at radius 2 is 2.00 bits per heavy atom. The van der Waals surface area contributed by atoms with E-state index < -0.39 is 5.60 Å². The van der Waals surface area contributed by atoms with Crippen molar-refractivity contribution in [3.05, 3.63) is 11.8 Å². The molecule has 0 saturated heterocycles. The lowest BCUT2D eigenvalue weighted by atomic mass is 9.97. The minimum atomic E-state index is -0.775. The van der Waals surface area contributed by atoms with Crippen LogP contribution in [-0.4, -0.2) is 41.9 Å². The quantitative estimate of drug-likeness (QED) is 0.496. The van der Waals surface area contributed by atoms with Crippen molar-refractivity contribution in [3.63, 3.8) is 0 Å². The summed E-state index contributed by atoms with van der Waals surface area (Å²) in [5.74, 6) is -0.00962. The summed E-state index contributed by atoms with van der Waals surface area (Å²) in [4.78, 5) is 11.3. The molecule has 0 aliphatic carbocycles. The van der Waals surface area contributed by atoms with Crippen molar-refractivity contribution in [2.75, 3.05) is 13.6 Å². The zero-order valence-corrected chi connectivity index (χ0v) is 12.6. The highest BCUT2D eigenvalue weighted by molar-refractivity contribution is 5.75. The first-order valence-electron chi connectivity index (χ1n) is 6.78. The van der Waals surface area contributed by atoms with Gasteiger partial charge in [-0.3, -0.25) is 9.80 Å². The lowest BCUT2D eigenvalue weighted by molar-refractivity contribution is -0.120. The lowest BCUT2D eigenvalue weighted by Gasteiger charge is -2.32. The molecule has 0 rings (SSSR count). The van der Waals surface area contributed by atoms with Crippen molar-refractivity contribution >= 4 is 12.6 Å². The lowest BCUT2D eigenvalue weighted by Crippen LogP contribution is -2.39. The number of nitrogens with one attached hydrogen (secondary N) is 1. The Morgan fingerprint density at radius 1 is 1.42 bits per heavy atom. The van der Waals surface area contributed by atoms with Crippen molar-refractivity contribution in [2.45, 2.75) is 52.1 Å². The summed E-state index contributed by atoms with van der Waals surface area (Å²) >= 11 is 0. The average molecular weight is 269 g/mol. The van der Waals surface area contributed by atoms with Gasteiger partial charge in [0.05, 0.1) is 12.1 Å². The summed E-state index contributed by atoms with van der Waals surface area (Å²) in [6.45, 7) is 9.75. The molecule has 0 unspecified atom stereocenters. The van der Waals surface area contributed by atoms with Crippen molar-refractivity contribution in [2.24, 2.45) is 5.10 Å². The van der Waals surface area contributed by atoms with E-state index in [0.29, 0.717) is 32.2 Å². The van der Waals surface area contributed by atoms with Gasteiger partial charge in [-0.2, -0.15) is 5.10 Å². The Bertz CT molecular complexity index is 323. The molecule has 0 saturated carbocycles. The van der Waals surface area contributed by atoms with Gasteiger partial charge in [0, 0.05) is 25.9 Å². The Hall–Kier alpha value is -1.36. The standard InChI is InChI=1S/C14H27N3O2/c1-6-12(9-10-13(18)15-4)17(16-5)11-14(19,7-2)8-3/h6,19H,5,7-11H2,1-4H3,(H,15,18)/b12-6-. The molecule has 5 nitrogen and oxygen atoms in total. The molecule has 0 spiro atoms. The Morgan fingerprint density at radius 3 is 2.37 bits per heavy atom. The smallest absolute Gasteiger partial charge is 0.220 e. The molecule has 0 aromatic rings. The minimum Gasteiger partial charge on any atom is -0.388 e. The monoisotopic (exact) mass is 269 g/mol. The summed E-state index contributed by atoms with van der Waals surface area (Å²) in [5, 5.41) is 18.6. The number of nitrogens with zero attached hydrogens (tertiary/aromatic N) is 2. The van der Waals surface area contributed by atoms with Gasteiger partial charge in [-0.25, -0.2) is 0 Å². The van der Waals surface area contributed by atoms with Gasteiger partial charge < -0.3 is 10.4 Å². The van der Waals surface area contributed by atoms with Crippen LogP contribution in [0.2, 0.25) is 0 Å². The molecular weight excluding hydrogens is 242 g/mol. The van der Waals surface area contributed by atoms with Gasteiger partial charge in [0.2, 0.25) is 5.91 Å². The van der Waals surface area contributed by atoms with Crippen LogP contribution in [0, 0.1) is 0 Å². The number of aliphatic hydroxyl groups is 1. The first-order valence-corrected chi connectivity index (χ1v) is 6.78. The van der Waals surface area contributed by atoms with Crippen LogP contribution < -0.4 is 5.32 Å². The maximum atomic E-state index is 11.3. The van der Waals surface area contributed by atoms with E-state index in [4.69, 9.17) is 0 Å². The van der Waals surface area contributed by atoms with E-state index in [1.54, 1.807) is 12.1 Å². The molecule has 19 heavy (non-hydrogen) atoms. The second-order valence-corrected chi connectivity index (χ2v) is 4.58. The van der Waals surface area contributed by atoms with Crippen LogP contribution in [0.4, 0.5) is 0 Å². The van der Waals surface area contributed by atoms with Crippen LogP contribution in [0.1, 0.15) is 46.5 Å². The van der Waals surface area contributed by atoms with E-state index in [9.17, 15) is 9.90 Å². The number of hydrogen-bond acceptors (Lipinski definition) is 4. The molecule has 0 atom stereocenters. The fourth-order valence-corrected chi connectivity index (χ4v) is 1.78. The third kappa shape index (κ3) is 5.87. The highest BCUT2D eigenvalue weighted by Gasteiger charge is 2.26. The van der Waals surface area contributed by atoms with Crippen LogP contribution in [0.25, 0.3) is 0 Å². The molecule has 0 radical (unpaired) electrons. The first-order chi connectivity index (χ1) is 8.96. The summed E-state index contributed by atoms with van der Waals surface area (Å²) in [7, 11) is 1.62. The second kappa shape index (κ2) is 8.69. The van der Waals surface area contributed by atoms with Gasteiger partial charge in [0.15, 0.2) is 0 Å². The molecule has 0 heterocycles. The Kier molecular flexibility index (Phi) is 8.07. The van der Waals surface area contributed by atoms with E-state index in [0.717, 1.165) is 5.70 Å². The van der Waals surface area contributed by atoms with Gasteiger partial charge in [-0.05, 0) is 26.2 Å². The number of hydrogen-bond donors (Lipinski definition) is 2. The second-order valence-electron chi connectivity index (χ2n) is 4.58. The predicted molar refractivity (Wildman–Crippen MR) is 78.8 cm³/mol. The number of allylic oxidation sites excluding steroid dienone is 2. The summed E-state index contributed by atoms with van der Waals surface area (Å²) in [6, 6.07) is 0. The SMILES string of the molecule is C=NN(CC(O)(CC)CC)/C(=C\C)CCC(=O)NC. The molecule has 110 valence electrons. The summed E-state index contributed by atoms with van der Waals surface area (Å²) < 4.78 is 0. The number of carbonyl (C=O) groups is 1. The van der Waals surface area contributed by atoms with E-state index in [-0.39, 0.29) is 5.91 Å². The topological polar surface area (TPSA) is 64.9 Å². The number of carbonyl (C=O) groups excluding carboxylic acids is 1. The zero-order valence-electron chi connectivity index (χ0n) is 12.6. The van der Waals surface area contributed by atoms with Crippen LogP contribution in [0.3, 0.4) is 0 Å². The average Bonchev–Trinajstić information content (AvgIpc) is 2.45. The molecular formula is C14H27N3O2. The molecule has 0 bridgehead atoms. The van der Waals surface area contributed by atoms with Crippen molar-refractivity contribution in [1.29, 1.82) is 0 Å². The molecule has 0 aromatic heterocycles. The van der Waals surface area contributed by atoms with Gasteiger partial charge in [-0.1, -0.05) is 19.9 Å². The normalized spacial score (nSPS) is 12.2. The molecule has 5 heteroatoms. The largest absolute Gasteiger partial charge is 0.388 e. The van der Waals surface area contributed by atoms with Crippen molar-refractivity contribution in [1.82, 2.24) is 10.3 Å². The number of rotatable bonds is 9. The maximum absolute atomic E-state index is 11.3. The predicted octanol–water partition coefficient (Wildman–Crippen LogP) is 1.89. The maximum Gasteiger partial charge on any atom is 0.220 e. The van der Waals surface area contributed by atoms with Crippen LogP contribution in [0.5, 0.6) is 0 Å². The van der Waals surface area contributed by atoms with Crippen LogP contribution in [-0.2, 0) is 4.79 Å². The van der Waals surface area contributed by atoms with Crippen LogP contribution in [0.15, 0.2) is 16.9 Å². The molecule has 0 aliphatic rings. The molecule has 0 aliphatic heterocycles. The summed E-state index contributed by atoms with van der Waals surface area (Å²) in [6.07, 6.45) is 4.20. The third-order valence-corrected chi connectivity index (χ3v) is 3.48. The zero-order chi connectivity index (χ0) is 14.9. The molecule has 0 aromatic carbocycles. The molecule has 2 N–H and O–H groups in total. The van der Waals surface area contributed by atoms with Gasteiger partial charge in [0.25, 0.3) is 0 Å². The Balaban J connectivity index is 4.72.